The van der Waals surface area contributed by atoms with E-state index in [9.17, 15) is 10.1 Å². The Kier molecular flexibility index (Phi) is 2.70. The Morgan fingerprint density at radius 3 is 2.81 bits per heavy atom. The standard InChI is InChI=1S/C11H11N3O2/c12-6-8-2-1-3-9(4-8)11-5-10(7-13-11)14(15)16/h1-5,7,13H,6,12H2. The molecule has 5 heteroatoms. The van der Waals surface area contributed by atoms with Gasteiger partial charge >= 0.3 is 0 Å². The molecule has 3 N–H and O–H groups in total. The van der Waals surface area contributed by atoms with Gasteiger partial charge < -0.3 is 10.7 Å². The number of H-pyrrole nitrogens is 1. The molecule has 0 saturated heterocycles. The van der Waals surface area contributed by atoms with Gasteiger partial charge in [0.25, 0.3) is 5.69 Å². The van der Waals surface area contributed by atoms with Crippen LogP contribution in [0.1, 0.15) is 5.56 Å². The predicted molar refractivity (Wildman–Crippen MR) is 60.8 cm³/mol. The minimum atomic E-state index is -0.424. The summed E-state index contributed by atoms with van der Waals surface area (Å²) in [5.41, 5.74) is 8.21. The van der Waals surface area contributed by atoms with Gasteiger partial charge in [-0.1, -0.05) is 18.2 Å². The monoisotopic (exact) mass is 217 g/mol. The van der Waals surface area contributed by atoms with Crippen LogP contribution in [0.2, 0.25) is 0 Å². The third-order valence-corrected chi connectivity index (χ3v) is 2.35. The SMILES string of the molecule is NCc1cccc(-c2cc([N+](=O)[O-])c[nH]2)c1. The van der Waals surface area contributed by atoms with Gasteiger partial charge in [-0.05, 0) is 17.2 Å². The zero-order valence-electron chi connectivity index (χ0n) is 8.51. The molecule has 1 aromatic heterocycles. The van der Waals surface area contributed by atoms with Gasteiger partial charge in [-0.2, -0.15) is 0 Å². The first-order valence-corrected chi connectivity index (χ1v) is 4.83. The van der Waals surface area contributed by atoms with Gasteiger partial charge in [0, 0.05) is 12.6 Å². The Morgan fingerprint density at radius 2 is 2.19 bits per heavy atom. The lowest BCUT2D eigenvalue weighted by atomic mass is 10.1. The quantitative estimate of drug-likeness (QED) is 0.609. The van der Waals surface area contributed by atoms with Crippen LogP contribution in [0.4, 0.5) is 5.69 Å². The van der Waals surface area contributed by atoms with Crippen molar-refractivity contribution in [2.45, 2.75) is 6.54 Å². The third-order valence-electron chi connectivity index (χ3n) is 2.35. The van der Waals surface area contributed by atoms with Crippen molar-refractivity contribution in [3.05, 3.63) is 52.2 Å². The fourth-order valence-electron chi connectivity index (χ4n) is 1.52. The smallest absolute Gasteiger partial charge is 0.287 e. The zero-order valence-corrected chi connectivity index (χ0v) is 8.51. The van der Waals surface area contributed by atoms with Gasteiger partial charge in [0.1, 0.15) is 0 Å². The summed E-state index contributed by atoms with van der Waals surface area (Å²) in [5, 5.41) is 10.5. The molecule has 0 radical (unpaired) electrons. The molecule has 0 aliphatic heterocycles. The number of rotatable bonds is 3. The summed E-state index contributed by atoms with van der Waals surface area (Å²) in [7, 11) is 0. The molecule has 16 heavy (non-hydrogen) atoms. The van der Waals surface area contributed by atoms with Crippen molar-refractivity contribution >= 4 is 5.69 Å². The highest BCUT2D eigenvalue weighted by Crippen LogP contribution is 2.23. The summed E-state index contributed by atoms with van der Waals surface area (Å²) in [6.45, 7) is 0.455. The number of benzene rings is 1. The number of nitrogens with one attached hydrogen (secondary N) is 1. The van der Waals surface area contributed by atoms with Crippen LogP contribution in [0.5, 0.6) is 0 Å². The van der Waals surface area contributed by atoms with E-state index in [0.29, 0.717) is 6.54 Å². The first-order chi connectivity index (χ1) is 7.70. The molecule has 1 aromatic carbocycles. The second-order valence-electron chi connectivity index (χ2n) is 3.43. The van der Waals surface area contributed by atoms with Crippen molar-refractivity contribution in [3.63, 3.8) is 0 Å². The van der Waals surface area contributed by atoms with Crippen LogP contribution in [0.25, 0.3) is 11.3 Å². The summed E-state index contributed by atoms with van der Waals surface area (Å²) in [4.78, 5) is 13.0. The summed E-state index contributed by atoms with van der Waals surface area (Å²) in [6.07, 6.45) is 1.38. The minimum absolute atomic E-state index is 0.0631. The van der Waals surface area contributed by atoms with Gasteiger partial charge in [-0.15, -0.1) is 0 Å². The molecule has 82 valence electrons. The van der Waals surface area contributed by atoms with Gasteiger partial charge in [0.2, 0.25) is 0 Å². The Bertz CT molecular complexity index is 519. The van der Waals surface area contributed by atoms with E-state index in [1.54, 1.807) is 0 Å². The van der Waals surface area contributed by atoms with Gasteiger partial charge in [0.15, 0.2) is 0 Å². The molecule has 2 aromatic rings. The van der Waals surface area contributed by atoms with Crippen molar-refractivity contribution in [1.82, 2.24) is 4.98 Å². The molecule has 2 rings (SSSR count). The lowest BCUT2D eigenvalue weighted by Crippen LogP contribution is -1.95. The Morgan fingerprint density at radius 1 is 1.38 bits per heavy atom. The van der Waals surface area contributed by atoms with Crippen molar-refractivity contribution in [2.24, 2.45) is 5.73 Å². The maximum absolute atomic E-state index is 10.5. The molecule has 0 aliphatic rings. The average Bonchev–Trinajstić information content (AvgIpc) is 2.78. The molecule has 0 saturated carbocycles. The van der Waals surface area contributed by atoms with E-state index >= 15 is 0 Å². The summed E-state index contributed by atoms with van der Waals surface area (Å²) in [5.74, 6) is 0. The Balaban J connectivity index is 2.38. The molecule has 0 fully saturated rings. The van der Waals surface area contributed by atoms with E-state index < -0.39 is 4.92 Å². The highest BCUT2D eigenvalue weighted by Gasteiger charge is 2.09. The lowest BCUT2D eigenvalue weighted by molar-refractivity contribution is -0.384. The number of nitro groups is 1. The number of nitrogens with zero attached hydrogens (tertiary/aromatic N) is 1. The van der Waals surface area contributed by atoms with E-state index in [0.717, 1.165) is 16.8 Å². The summed E-state index contributed by atoms with van der Waals surface area (Å²) >= 11 is 0. The van der Waals surface area contributed by atoms with Crippen LogP contribution < -0.4 is 5.73 Å². The van der Waals surface area contributed by atoms with Crippen molar-refractivity contribution in [1.29, 1.82) is 0 Å². The van der Waals surface area contributed by atoms with E-state index in [-0.39, 0.29) is 5.69 Å². The molecule has 0 amide bonds. The lowest BCUT2D eigenvalue weighted by Gasteiger charge is -2.00. The molecule has 0 spiro atoms. The first kappa shape index (κ1) is 10.4. The van der Waals surface area contributed by atoms with Gasteiger partial charge in [0.05, 0.1) is 16.8 Å². The average molecular weight is 217 g/mol. The van der Waals surface area contributed by atoms with E-state index in [2.05, 4.69) is 4.98 Å². The van der Waals surface area contributed by atoms with Crippen LogP contribution in [-0.2, 0) is 6.54 Å². The van der Waals surface area contributed by atoms with E-state index in [1.807, 2.05) is 24.3 Å². The van der Waals surface area contributed by atoms with Crippen LogP contribution in [0.3, 0.4) is 0 Å². The largest absolute Gasteiger partial charge is 0.355 e. The number of aromatic nitrogens is 1. The molecule has 0 aliphatic carbocycles. The normalized spacial score (nSPS) is 10.3. The summed E-state index contributed by atoms with van der Waals surface area (Å²) < 4.78 is 0. The first-order valence-electron chi connectivity index (χ1n) is 4.83. The van der Waals surface area contributed by atoms with Gasteiger partial charge in [-0.25, -0.2) is 0 Å². The number of nitrogens with two attached hydrogens (primary N) is 1. The highest BCUT2D eigenvalue weighted by atomic mass is 16.6. The Labute approximate surface area is 92.1 Å². The van der Waals surface area contributed by atoms with Crippen LogP contribution in [0.15, 0.2) is 36.5 Å². The number of hydrogen-bond acceptors (Lipinski definition) is 3. The van der Waals surface area contributed by atoms with Crippen molar-refractivity contribution < 1.29 is 4.92 Å². The van der Waals surface area contributed by atoms with E-state index in [4.69, 9.17) is 5.73 Å². The van der Waals surface area contributed by atoms with Crippen LogP contribution >= 0.6 is 0 Å². The fourth-order valence-corrected chi connectivity index (χ4v) is 1.52. The molecular weight excluding hydrogens is 206 g/mol. The highest BCUT2D eigenvalue weighted by molar-refractivity contribution is 5.63. The molecule has 0 atom stereocenters. The minimum Gasteiger partial charge on any atom is -0.355 e. The fraction of sp³-hybridized carbons (Fsp3) is 0.0909. The molecular formula is C11H11N3O2. The maximum atomic E-state index is 10.5. The third kappa shape index (κ3) is 1.94. The van der Waals surface area contributed by atoms with Crippen molar-refractivity contribution in [3.8, 4) is 11.3 Å². The second kappa shape index (κ2) is 4.16. The topological polar surface area (TPSA) is 84.9 Å². The molecule has 0 bridgehead atoms. The number of aromatic amines is 1. The molecule has 0 unspecified atom stereocenters. The maximum Gasteiger partial charge on any atom is 0.287 e. The zero-order chi connectivity index (χ0) is 11.5. The predicted octanol–water partition coefficient (Wildman–Crippen LogP) is 2.05. The number of hydrogen-bond donors (Lipinski definition) is 2. The summed E-state index contributed by atoms with van der Waals surface area (Å²) in [6, 6.07) is 9.10. The van der Waals surface area contributed by atoms with Crippen molar-refractivity contribution in [2.75, 3.05) is 0 Å². The second-order valence-corrected chi connectivity index (χ2v) is 3.43. The Hall–Kier alpha value is -2.14. The van der Waals surface area contributed by atoms with Gasteiger partial charge in [-0.3, -0.25) is 10.1 Å². The van der Waals surface area contributed by atoms with Crippen LogP contribution in [0, 0.1) is 10.1 Å². The molecule has 1 heterocycles. The van der Waals surface area contributed by atoms with E-state index in [1.165, 1.54) is 12.3 Å². The van der Waals surface area contributed by atoms with Crippen LogP contribution in [-0.4, -0.2) is 9.91 Å². The molecule has 5 nitrogen and oxygen atoms in total.